The number of amides is 2. The van der Waals surface area contributed by atoms with Crippen LogP contribution in [-0.4, -0.2) is 64.4 Å². The summed E-state index contributed by atoms with van der Waals surface area (Å²) in [5.41, 5.74) is 2.31. The van der Waals surface area contributed by atoms with E-state index in [1.807, 2.05) is 71.4 Å². The number of aromatic nitrogens is 3. The molecule has 0 fully saturated rings. The minimum atomic E-state index is -0.398. The Morgan fingerprint density at radius 2 is 1.70 bits per heavy atom. The summed E-state index contributed by atoms with van der Waals surface area (Å²) in [5.74, 6) is 1.83. The summed E-state index contributed by atoms with van der Waals surface area (Å²) in [5, 5.41) is 22.4. The van der Waals surface area contributed by atoms with Crippen molar-refractivity contribution in [1.29, 1.82) is 0 Å². The maximum Gasteiger partial charge on any atom is 0.261 e. The van der Waals surface area contributed by atoms with Gasteiger partial charge in [0.2, 0.25) is 0 Å². The normalized spacial score (nSPS) is 14.2. The van der Waals surface area contributed by atoms with Crippen molar-refractivity contribution in [2.75, 3.05) is 27.1 Å². The highest BCUT2D eigenvalue weighted by molar-refractivity contribution is 7.99. The number of hydrogen-bond donors (Lipinski definition) is 1. The molecule has 0 spiro atoms. The molecule has 4 heterocycles. The molecule has 1 atom stereocenters. The minimum absolute atomic E-state index is 0.0266. The van der Waals surface area contributed by atoms with Crippen LogP contribution in [0.1, 0.15) is 38.4 Å². The molecule has 11 nitrogen and oxygen atoms in total. The van der Waals surface area contributed by atoms with Crippen molar-refractivity contribution in [1.82, 2.24) is 25.1 Å². The first-order chi connectivity index (χ1) is 22.5. The zero-order valence-electron chi connectivity index (χ0n) is 25.2. The van der Waals surface area contributed by atoms with Crippen LogP contribution >= 0.6 is 34.4 Å². The first-order valence-corrected chi connectivity index (χ1v) is 16.9. The number of nitrogens with one attached hydrogen (secondary N) is 1. The van der Waals surface area contributed by atoms with Crippen molar-refractivity contribution >= 4 is 52.0 Å². The van der Waals surface area contributed by atoms with Gasteiger partial charge in [-0.2, -0.15) is 5.10 Å². The van der Waals surface area contributed by atoms with Gasteiger partial charge in [0.25, 0.3) is 11.8 Å². The molecule has 1 aliphatic heterocycles. The summed E-state index contributed by atoms with van der Waals surface area (Å²) in [7, 11) is 4.76. The highest BCUT2D eigenvalue weighted by Gasteiger charge is 2.36. The fourth-order valence-corrected chi connectivity index (χ4v) is 7.34. The number of thioether (sulfide) groups is 1. The second kappa shape index (κ2) is 14.2. The fourth-order valence-electron chi connectivity index (χ4n) is 5.16. The van der Waals surface area contributed by atoms with Gasteiger partial charge in [0.05, 0.1) is 60.8 Å². The SMILES string of the molecule is COc1ccccc1-n1c(CNC(=O)c2cccs2)nnc1SCC(=O)N1N=C(c2cccs2)CC1c1cccc(OC)c1OC. The third-order valence-corrected chi connectivity index (χ3v) is 9.97. The Morgan fingerprint density at radius 3 is 2.43 bits per heavy atom. The summed E-state index contributed by atoms with van der Waals surface area (Å²) in [6, 6.07) is 20.2. The number of para-hydroxylation sites is 3. The molecular weight excluding hydrogens is 645 g/mol. The van der Waals surface area contributed by atoms with Gasteiger partial charge < -0.3 is 19.5 Å². The first kappa shape index (κ1) is 31.3. The molecule has 0 bridgehead atoms. The number of rotatable bonds is 12. The maximum absolute atomic E-state index is 14.0. The van der Waals surface area contributed by atoms with Gasteiger partial charge in [-0.3, -0.25) is 14.2 Å². The molecule has 5 aromatic rings. The summed E-state index contributed by atoms with van der Waals surface area (Å²) >= 11 is 4.17. The van der Waals surface area contributed by atoms with Gasteiger partial charge in [0.1, 0.15) is 5.75 Å². The van der Waals surface area contributed by atoms with Gasteiger partial charge in [-0.1, -0.05) is 48.2 Å². The van der Waals surface area contributed by atoms with E-state index in [1.165, 1.54) is 28.1 Å². The molecule has 46 heavy (non-hydrogen) atoms. The topological polar surface area (TPSA) is 120 Å². The number of ether oxygens (including phenoxy) is 3. The van der Waals surface area contributed by atoms with E-state index >= 15 is 0 Å². The number of hydrazone groups is 1. The lowest BCUT2D eigenvalue weighted by molar-refractivity contribution is -0.130. The van der Waals surface area contributed by atoms with Crippen molar-refractivity contribution in [3.8, 4) is 22.9 Å². The van der Waals surface area contributed by atoms with Crippen LogP contribution in [0.5, 0.6) is 17.2 Å². The number of hydrogen-bond acceptors (Lipinski definition) is 11. The quantitative estimate of drug-likeness (QED) is 0.165. The molecule has 3 aromatic heterocycles. The number of benzene rings is 2. The summed E-state index contributed by atoms with van der Waals surface area (Å²) in [6.45, 7) is 0.120. The van der Waals surface area contributed by atoms with Crippen LogP contribution < -0.4 is 19.5 Å². The van der Waals surface area contributed by atoms with Crippen LogP contribution in [-0.2, 0) is 11.3 Å². The predicted molar refractivity (Wildman–Crippen MR) is 179 cm³/mol. The van der Waals surface area contributed by atoms with Gasteiger partial charge in [0.15, 0.2) is 22.5 Å². The molecule has 236 valence electrons. The monoisotopic (exact) mass is 674 g/mol. The van der Waals surface area contributed by atoms with Crippen LogP contribution in [0.4, 0.5) is 0 Å². The van der Waals surface area contributed by atoms with Gasteiger partial charge in [-0.25, -0.2) is 5.01 Å². The highest BCUT2D eigenvalue weighted by Crippen LogP contribution is 2.42. The van der Waals surface area contributed by atoms with Gasteiger partial charge in [0, 0.05) is 12.0 Å². The van der Waals surface area contributed by atoms with Crippen molar-refractivity contribution in [3.05, 3.63) is 98.6 Å². The Kier molecular flexibility index (Phi) is 9.66. The maximum atomic E-state index is 14.0. The lowest BCUT2D eigenvalue weighted by Gasteiger charge is -2.24. The molecule has 0 aliphatic carbocycles. The van der Waals surface area contributed by atoms with Gasteiger partial charge in [-0.15, -0.1) is 32.9 Å². The predicted octanol–water partition coefficient (Wildman–Crippen LogP) is 5.82. The van der Waals surface area contributed by atoms with Crippen LogP contribution in [0.2, 0.25) is 0 Å². The molecule has 1 aliphatic rings. The first-order valence-electron chi connectivity index (χ1n) is 14.2. The molecule has 1 N–H and O–H groups in total. The fraction of sp³-hybridized carbons (Fsp3) is 0.219. The molecule has 1 unspecified atom stereocenters. The number of carbonyl (C=O) groups is 2. The van der Waals surface area contributed by atoms with Crippen molar-refractivity contribution in [3.63, 3.8) is 0 Å². The van der Waals surface area contributed by atoms with E-state index in [-0.39, 0.29) is 24.1 Å². The van der Waals surface area contributed by atoms with Crippen molar-refractivity contribution in [2.45, 2.75) is 24.2 Å². The largest absolute Gasteiger partial charge is 0.495 e. The van der Waals surface area contributed by atoms with Crippen molar-refractivity contribution < 1.29 is 23.8 Å². The molecule has 14 heteroatoms. The molecule has 6 rings (SSSR count). The molecule has 2 amide bonds. The van der Waals surface area contributed by atoms with E-state index in [4.69, 9.17) is 19.3 Å². The Morgan fingerprint density at radius 1 is 0.913 bits per heavy atom. The lowest BCUT2D eigenvalue weighted by Crippen LogP contribution is -2.29. The Hall–Kier alpha value is -4.66. The van der Waals surface area contributed by atoms with Crippen LogP contribution in [0.3, 0.4) is 0 Å². The molecular formula is C32H30N6O5S3. The summed E-state index contributed by atoms with van der Waals surface area (Å²) in [6.07, 6.45) is 0.520. The zero-order chi connectivity index (χ0) is 32.0. The van der Waals surface area contributed by atoms with Crippen LogP contribution in [0.25, 0.3) is 5.69 Å². The third kappa shape index (κ3) is 6.36. The van der Waals surface area contributed by atoms with Gasteiger partial charge >= 0.3 is 0 Å². The molecule has 2 aromatic carbocycles. The van der Waals surface area contributed by atoms with E-state index in [1.54, 1.807) is 43.3 Å². The molecule has 0 saturated heterocycles. The second-order valence-electron chi connectivity index (χ2n) is 9.92. The molecule has 0 radical (unpaired) electrons. The van der Waals surface area contributed by atoms with Crippen LogP contribution in [0.15, 0.2) is 87.7 Å². The lowest BCUT2D eigenvalue weighted by atomic mass is 9.99. The Balaban J connectivity index is 1.29. The molecule has 0 saturated carbocycles. The summed E-state index contributed by atoms with van der Waals surface area (Å²) in [4.78, 5) is 28.3. The number of methoxy groups -OCH3 is 3. The van der Waals surface area contributed by atoms with E-state index in [0.29, 0.717) is 45.2 Å². The summed E-state index contributed by atoms with van der Waals surface area (Å²) < 4.78 is 18.7. The Bertz CT molecular complexity index is 1860. The number of nitrogens with zero attached hydrogens (tertiary/aromatic N) is 5. The minimum Gasteiger partial charge on any atom is -0.495 e. The van der Waals surface area contributed by atoms with Gasteiger partial charge in [-0.05, 0) is 41.1 Å². The Labute approximate surface area is 277 Å². The smallest absolute Gasteiger partial charge is 0.261 e. The standard InChI is InChI=1S/C32H30N6O5S3/c1-41-24-11-5-4-10-22(24)37-28(18-33-31(40)27-14-8-16-45-27)34-35-32(37)46-19-29(39)38-23(17-21(36-38)26-13-7-15-44-26)20-9-6-12-25(42-2)30(20)43-3/h4-16,23H,17-19H2,1-3H3,(H,33,40). The zero-order valence-corrected chi connectivity index (χ0v) is 27.7. The second-order valence-corrected chi connectivity index (χ2v) is 12.8. The van der Waals surface area contributed by atoms with Crippen molar-refractivity contribution in [2.24, 2.45) is 5.10 Å². The van der Waals surface area contributed by atoms with E-state index < -0.39 is 6.04 Å². The van der Waals surface area contributed by atoms with E-state index in [2.05, 4.69) is 15.5 Å². The average molecular weight is 675 g/mol. The van der Waals surface area contributed by atoms with Crippen LogP contribution in [0, 0.1) is 0 Å². The highest BCUT2D eigenvalue weighted by atomic mass is 32.2. The average Bonchev–Trinajstić information content (AvgIpc) is 3.92. The number of thiophene rings is 2. The van der Waals surface area contributed by atoms with E-state index in [0.717, 1.165) is 16.2 Å². The van der Waals surface area contributed by atoms with E-state index in [9.17, 15) is 9.59 Å². The third-order valence-electron chi connectivity index (χ3n) is 7.27. The number of carbonyl (C=O) groups excluding carboxylic acids is 2.